The third-order valence-corrected chi connectivity index (χ3v) is 2.47. The zero-order valence-electron chi connectivity index (χ0n) is 7.45. The van der Waals surface area contributed by atoms with Crippen molar-refractivity contribution in [1.82, 2.24) is 4.98 Å². The van der Waals surface area contributed by atoms with E-state index in [0.717, 1.165) is 12.1 Å². The van der Waals surface area contributed by atoms with Crippen molar-refractivity contribution in [2.75, 3.05) is 0 Å². The second-order valence-electron chi connectivity index (χ2n) is 3.39. The van der Waals surface area contributed by atoms with Gasteiger partial charge in [-0.2, -0.15) is 0 Å². The molecule has 0 saturated carbocycles. The molecule has 1 aliphatic carbocycles. The zero-order valence-corrected chi connectivity index (χ0v) is 7.45. The monoisotopic (exact) mass is 176 g/mol. The first kappa shape index (κ1) is 8.20. The third-order valence-electron chi connectivity index (χ3n) is 2.47. The quantitative estimate of drug-likeness (QED) is 0.409. The van der Waals surface area contributed by atoms with Crippen LogP contribution in [0.15, 0.2) is 11.2 Å². The molecule has 4 nitrogen and oxygen atoms in total. The highest BCUT2D eigenvalue weighted by molar-refractivity contribution is 5.28. The number of hydrogen-bond acceptors (Lipinski definition) is 1. The Labute approximate surface area is 76.6 Å². The number of rotatable bonds is 2. The Morgan fingerprint density at radius 1 is 1.46 bits per heavy atom. The van der Waals surface area contributed by atoms with E-state index in [1.54, 1.807) is 0 Å². The highest BCUT2D eigenvalue weighted by atomic mass is 15.1. The summed E-state index contributed by atoms with van der Waals surface area (Å²) in [4.78, 5) is 6.05. The molecule has 1 aromatic heterocycles. The molecular weight excluding hydrogens is 164 g/mol. The molecule has 1 N–H and O–H groups in total. The van der Waals surface area contributed by atoms with Gasteiger partial charge < -0.3 is 4.98 Å². The van der Waals surface area contributed by atoms with Gasteiger partial charge in [0.2, 0.25) is 0 Å². The van der Waals surface area contributed by atoms with Crippen LogP contribution in [0.5, 0.6) is 0 Å². The van der Waals surface area contributed by atoms with E-state index >= 15 is 0 Å². The predicted octanol–water partition coefficient (Wildman–Crippen LogP) is 2.70. The van der Waals surface area contributed by atoms with Crippen LogP contribution in [0, 0.1) is 0 Å². The van der Waals surface area contributed by atoms with Crippen LogP contribution >= 0.6 is 0 Å². The molecule has 1 aliphatic rings. The van der Waals surface area contributed by atoms with Gasteiger partial charge in [-0.25, -0.2) is 0 Å². The number of aryl methyl sites for hydroxylation is 2. The van der Waals surface area contributed by atoms with Gasteiger partial charge in [0, 0.05) is 16.3 Å². The summed E-state index contributed by atoms with van der Waals surface area (Å²) in [5.41, 5.74) is 12.0. The molecule has 4 heteroatoms. The van der Waals surface area contributed by atoms with Gasteiger partial charge in [-0.05, 0) is 42.8 Å². The molecule has 1 aromatic rings. The molecule has 68 valence electrons. The summed E-state index contributed by atoms with van der Waals surface area (Å²) in [5, 5.41) is 3.53. The maximum atomic E-state index is 8.17. The summed E-state index contributed by atoms with van der Waals surface area (Å²) < 4.78 is 0. The van der Waals surface area contributed by atoms with Crippen molar-refractivity contribution in [3.63, 3.8) is 0 Å². The fraction of sp³-hybridized carbons (Fsp3) is 0.556. The Kier molecular flexibility index (Phi) is 2.23. The van der Waals surface area contributed by atoms with Crippen LogP contribution in [-0.4, -0.2) is 4.98 Å². The first-order valence-corrected chi connectivity index (χ1v) is 4.60. The third kappa shape index (κ3) is 1.68. The lowest BCUT2D eigenvalue weighted by Gasteiger charge is -2.09. The van der Waals surface area contributed by atoms with E-state index in [0.29, 0.717) is 6.54 Å². The Morgan fingerprint density at radius 3 is 3.08 bits per heavy atom. The zero-order chi connectivity index (χ0) is 9.10. The number of H-pyrrole nitrogens is 1. The topological polar surface area (TPSA) is 64.6 Å². The van der Waals surface area contributed by atoms with Crippen LogP contribution in [0.4, 0.5) is 0 Å². The van der Waals surface area contributed by atoms with E-state index < -0.39 is 0 Å². The normalized spacial score (nSPS) is 14.8. The fourth-order valence-corrected chi connectivity index (χ4v) is 1.86. The van der Waals surface area contributed by atoms with Crippen LogP contribution < -0.4 is 0 Å². The molecule has 13 heavy (non-hydrogen) atoms. The van der Waals surface area contributed by atoms with Crippen LogP contribution in [0.1, 0.15) is 29.8 Å². The van der Waals surface area contributed by atoms with Gasteiger partial charge in [0.15, 0.2) is 0 Å². The number of nitrogens with zero attached hydrogens (tertiary/aromatic N) is 3. The Hall–Kier alpha value is -1.41. The Balaban J connectivity index is 2.19. The molecule has 0 radical (unpaired) electrons. The molecule has 0 saturated heterocycles. The minimum absolute atomic E-state index is 0.448. The van der Waals surface area contributed by atoms with Gasteiger partial charge in [0.1, 0.15) is 0 Å². The van der Waals surface area contributed by atoms with Crippen molar-refractivity contribution in [3.8, 4) is 0 Å². The Bertz CT molecular complexity index is 323. The van der Waals surface area contributed by atoms with Crippen LogP contribution in [0.3, 0.4) is 0 Å². The Morgan fingerprint density at radius 2 is 2.31 bits per heavy atom. The van der Waals surface area contributed by atoms with E-state index in [1.807, 2.05) is 0 Å². The molecular formula is C9H12N4. The number of hydrogen-bond donors (Lipinski definition) is 1. The molecule has 0 bridgehead atoms. The van der Waals surface area contributed by atoms with Crippen LogP contribution in [0.2, 0.25) is 0 Å². The summed E-state index contributed by atoms with van der Waals surface area (Å²) in [5.74, 6) is 0. The number of azide groups is 1. The van der Waals surface area contributed by atoms with Gasteiger partial charge in [0.05, 0.1) is 6.54 Å². The average Bonchev–Trinajstić information content (AvgIpc) is 2.57. The first-order valence-electron chi connectivity index (χ1n) is 4.60. The number of aromatic nitrogens is 1. The number of nitrogens with one attached hydrogen (secondary N) is 1. The van der Waals surface area contributed by atoms with Crippen molar-refractivity contribution < 1.29 is 0 Å². The van der Waals surface area contributed by atoms with E-state index in [9.17, 15) is 0 Å². The standard InChI is InChI=1S/C9H12N4/c10-13-11-6-8-5-7-3-1-2-4-9(7)12-8/h5,12H,1-4,6H2. The molecule has 0 unspecified atom stereocenters. The summed E-state index contributed by atoms with van der Waals surface area (Å²) in [6.45, 7) is 0.448. The minimum Gasteiger partial charge on any atom is -0.362 e. The van der Waals surface area contributed by atoms with Gasteiger partial charge in [-0.3, -0.25) is 0 Å². The summed E-state index contributed by atoms with van der Waals surface area (Å²) in [6, 6.07) is 2.13. The molecule has 0 amide bonds. The number of aromatic amines is 1. The highest BCUT2D eigenvalue weighted by Crippen LogP contribution is 2.21. The molecule has 0 atom stereocenters. The van der Waals surface area contributed by atoms with Gasteiger partial charge >= 0.3 is 0 Å². The molecule has 2 rings (SSSR count). The smallest absolute Gasteiger partial charge is 0.0662 e. The predicted molar refractivity (Wildman–Crippen MR) is 50.3 cm³/mol. The van der Waals surface area contributed by atoms with Crippen LogP contribution in [-0.2, 0) is 19.4 Å². The lowest BCUT2D eigenvalue weighted by molar-refractivity contribution is 0.676. The summed E-state index contributed by atoms with van der Waals surface area (Å²) in [7, 11) is 0. The summed E-state index contributed by atoms with van der Waals surface area (Å²) >= 11 is 0. The maximum Gasteiger partial charge on any atom is 0.0662 e. The van der Waals surface area contributed by atoms with Crippen molar-refractivity contribution >= 4 is 0 Å². The van der Waals surface area contributed by atoms with Crippen molar-refractivity contribution in [3.05, 3.63) is 33.5 Å². The van der Waals surface area contributed by atoms with Crippen LogP contribution in [0.25, 0.3) is 10.4 Å². The summed E-state index contributed by atoms with van der Waals surface area (Å²) in [6.07, 6.45) is 4.87. The molecule has 0 aliphatic heterocycles. The SMILES string of the molecule is [N-]=[N+]=NCc1cc2c([nH]1)CCCC2. The molecule has 0 fully saturated rings. The molecule has 0 aromatic carbocycles. The first-order chi connectivity index (χ1) is 6.40. The maximum absolute atomic E-state index is 8.17. The van der Waals surface area contributed by atoms with Gasteiger partial charge in [-0.1, -0.05) is 5.11 Å². The van der Waals surface area contributed by atoms with Gasteiger partial charge in [-0.15, -0.1) is 0 Å². The van der Waals surface area contributed by atoms with Gasteiger partial charge in [0.25, 0.3) is 0 Å². The lowest BCUT2D eigenvalue weighted by atomic mass is 9.98. The van der Waals surface area contributed by atoms with Crippen molar-refractivity contribution in [1.29, 1.82) is 0 Å². The van der Waals surface area contributed by atoms with Crippen molar-refractivity contribution in [2.45, 2.75) is 32.2 Å². The fourth-order valence-electron chi connectivity index (χ4n) is 1.86. The lowest BCUT2D eigenvalue weighted by Crippen LogP contribution is -1.99. The van der Waals surface area contributed by atoms with E-state index in [1.165, 1.54) is 30.5 Å². The average molecular weight is 176 g/mol. The molecule has 0 spiro atoms. The second-order valence-corrected chi connectivity index (χ2v) is 3.39. The largest absolute Gasteiger partial charge is 0.362 e. The van der Waals surface area contributed by atoms with E-state index in [2.05, 4.69) is 21.1 Å². The molecule has 1 heterocycles. The van der Waals surface area contributed by atoms with Crippen molar-refractivity contribution in [2.24, 2.45) is 5.11 Å². The van der Waals surface area contributed by atoms with E-state index in [-0.39, 0.29) is 0 Å². The number of fused-ring (bicyclic) bond motifs is 1. The minimum atomic E-state index is 0.448. The highest BCUT2D eigenvalue weighted by Gasteiger charge is 2.11. The second kappa shape index (κ2) is 3.54. The van der Waals surface area contributed by atoms with E-state index in [4.69, 9.17) is 5.53 Å².